The standard InChI is InChI=1S/C55H74N12O13S/c1-51(2,3)76-47(71)56-28-21-29-66(45(61-48(72)77-52(4,5)6)62-49(73)78-53(7,8)9)31-36-30-57-67(64-36)32-37-39(42(68)58-37)60-43(69)40(38-33-81-46(59-38)63-50(74)79-54(10,11)12)65-80-55(26-19-20-27-55)44(70)75-41(34-22-15-13-16-23-34)35-24-17-14-18-25-35/h13-18,22-25,30,33,37,39,41H,19-21,26-29,31-32H2,1-12H3,(H,56,71)(H,58,68)(H,60,69)(H,59,63,74)(H,61,62,72,73)/b65-40-/t37-,39+/m1/s1. The van der Waals surface area contributed by atoms with Crippen LogP contribution in [-0.2, 0) is 56.0 Å². The van der Waals surface area contributed by atoms with E-state index >= 15 is 0 Å². The van der Waals surface area contributed by atoms with E-state index in [-0.39, 0.29) is 62.2 Å². The summed E-state index contributed by atoms with van der Waals surface area (Å²) < 4.78 is 28.0. The van der Waals surface area contributed by atoms with E-state index in [0.717, 1.165) is 22.5 Å². The number of esters is 1. The lowest BCUT2D eigenvalue weighted by Crippen LogP contribution is -2.70. The van der Waals surface area contributed by atoms with Gasteiger partial charge in [0, 0.05) is 31.3 Å². The van der Waals surface area contributed by atoms with Crippen molar-refractivity contribution in [2.24, 2.45) is 10.1 Å². The van der Waals surface area contributed by atoms with Crippen molar-refractivity contribution in [2.45, 2.75) is 174 Å². The Morgan fingerprint density at radius 3 is 1.96 bits per heavy atom. The summed E-state index contributed by atoms with van der Waals surface area (Å²) in [6, 6.07) is 16.6. The Balaban J connectivity index is 1.24. The maximum Gasteiger partial charge on any atom is 0.437 e. The first-order valence-corrected chi connectivity index (χ1v) is 27.4. The second-order valence-corrected chi connectivity index (χ2v) is 24.1. The van der Waals surface area contributed by atoms with E-state index in [0.29, 0.717) is 18.5 Å². The van der Waals surface area contributed by atoms with Crippen molar-refractivity contribution >= 4 is 70.3 Å². The Morgan fingerprint density at radius 1 is 0.802 bits per heavy atom. The van der Waals surface area contributed by atoms with Gasteiger partial charge in [-0.25, -0.2) is 29.0 Å². The van der Waals surface area contributed by atoms with Crippen LogP contribution in [0.4, 0.5) is 24.3 Å². The molecule has 0 radical (unpaired) electrons. The summed E-state index contributed by atoms with van der Waals surface area (Å²) in [5.74, 6) is -2.38. The van der Waals surface area contributed by atoms with Gasteiger partial charge in [-0.15, -0.1) is 16.3 Å². The van der Waals surface area contributed by atoms with Crippen molar-refractivity contribution < 1.29 is 62.1 Å². The quantitative estimate of drug-likeness (QED) is 0.0121. The van der Waals surface area contributed by atoms with E-state index < -0.39 is 94.1 Å². The molecule has 5 N–H and O–H groups in total. The van der Waals surface area contributed by atoms with Gasteiger partial charge in [-0.05, 0) is 113 Å². The van der Waals surface area contributed by atoms with E-state index in [4.69, 9.17) is 28.5 Å². The number of ether oxygens (including phenoxy) is 5. The van der Waals surface area contributed by atoms with E-state index in [2.05, 4.69) is 51.9 Å². The highest BCUT2D eigenvalue weighted by atomic mass is 32.1. The van der Waals surface area contributed by atoms with Crippen molar-refractivity contribution in [3.05, 3.63) is 94.8 Å². The molecule has 438 valence electrons. The minimum Gasteiger partial charge on any atom is -0.450 e. The highest BCUT2D eigenvalue weighted by Crippen LogP contribution is 2.38. The summed E-state index contributed by atoms with van der Waals surface area (Å²) in [5.41, 5.74) is -3.72. The Kier molecular flexibility index (Phi) is 20.2. The molecule has 0 bridgehead atoms. The number of hydrogen-bond donors (Lipinski definition) is 5. The number of carbonyl (C=O) groups excluding carboxylic acids is 7. The van der Waals surface area contributed by atoms with Crippen LogP contribution >= 0.6 is 11.3 Å². The van der Waals surface area contributed by atoms with Crippen molar-refractivity contribution in [3.8, 4) is 0 Å². The third-order valence-electron chi connectivity index (χ3n) is 11.5. The molecule has 26 heteroatoms. The number of benzene rings is 2. The topological polar surface area (TPSA) is 307 Å². The fourth-order valence-corrected chi connectivity index (χ4v) is 8.74. The fraction of sp³-hybridized carbons (Fsp3) is 0.527. The summed E-state index contributed by atoms with van der Waals surface area (Å²) in [4.78, 5) is 111. The average molecular weight is 1140 g/mol. The lowest BCUT2D eigenvalue weighted by atomic mass is 9.98. The van der Waals surface area contributed by atoms with Gasteiger partial charge in [0.2, 0.25) is 17.5 Å². The zero-order chi connectivity index (χ0) is 59.3. The minimum absolute atomic E-state index is 0.0490. The molecule has 0 spiro atoms. The van der Waals surface area contributed by atoms with Crippen LogP contribution in [0.5, 0.6) is 0 Å². The first kappa shape index (κ1) is 62.0. The second kappa shape index (κ2) is 26.4. The number of thiazole rings is 1. The van der Waals surface area contributed by atoms with Crippen LogP contribution in [0.1, 0.15) is 144 Å². The number of nitrogens with one attached hydrogen (secondary N) is 5. The van der Waals surface area contributed by atoms with E-state index in [1.165, 1.54) is 21.3 Å². The number of oxime groups is 1. The van der Waals surface area contributed by atoms with Gasteiger partial charge in [0.05, 0.1) is 25.3 Å². The number of rotatable bonds is 18. The predicted molar refractivity (Wildman–Crippen MR) is 298 cm³/mol. The molecule has 81 heavy (non-hydrogen) atoms. The number of hydrogen-bond acceptors (Lipinski definition) is 18. The second-order valence-electron chi connectivity index (χ2n) is 23.2. The average Bonchev–Trinajstić information content (AvgIpc) is 4.20. The van der Waals surface area contributed by atoms with Gasteiger partial charge in [0.25, 0.3) is 5.91 Å². The van der Waals surface area contributed by atoms with Crippen LogP contribution in [0, 0.1) is 0 Å². The number of alkyl carbamates (subject to hydrolysis) is 2. The monoisotopic (exact) mass is 1140 g/mol. The van der Waals surface area contributed by atoms with Crippen LogP contribution in [0.25, 0.3) is 0 Å². The maximum absolute atomic E-state index is 14.5. The van der Waals surface area contributed by atoms with Gasteiger partial charge in [0.1, 0.15) is 39.8 Å². The molecule has 2 aromatic carbocycles. The number of anilines is 1. The number of β-lactam (4-membered cyclic amide) rings is 1. The molecule has 3 heterocycles. The van der Waals surface area contributed by atoms with Crippen LogP contribution in [0.15, 0.2) is 82.4 Å². The molecule has 2 fully saturated rings. The molecule has 0 unspecified atom stereocenters. The number of aliphatic imine (C=N–C) groups is 1. The van der Waals surface area contributed by atoms with Crippen LogP contribution < -0.4 is 26.6 Å². The SMILES string of the molecule is CC(C)(C)OC(=O)N=C(NC(=O)OC(C)(C)C)N(CCCNC(=O)OC(C)(C)C)Cc1cnn(C[C@H]2NC(=O)[C@H]2NC(=O)/C(=N\OC2(C(=O)OC(c3ccccc3)c3ccccc3)CCCC2)c2csc(NC(=O)OC(C)(C)C)n2)n1. The summed E-state index contributed by atoms with van der Waals surface area (Å²) in [5, 5.41) is 28.2. The predicted octanol–water partition coefficient (Wildman–Crippen LogP) is 7.66. The molecule has 1 aliphatic carbocycles. The molecule has 6 amide bonds. The first-order chi connectivity index (χ1) is 37.9. The molecule has 1 saturated carbocycles. The molecule has 2 atom stereocenters. The fourth-order valence-electron chi connectivity index (χ4n) is 8.06. The molecule has 2 aromatic heterocycles. The van der Waals surface area contributed by atoms with Gasteiger partial charge < -0.3 is 49.4 Å². The number of aromatic nitrogens is 4. The molecule has 2 aliphatic rings. The molecule has 6 rings (SSSR count). The highest BCUT2D eigenvalue weighted by molar-refractivity contribution is 7.14. The van der Waals surface area contributed by atoms with Crippen molar-refractivity contribution in [3.63, 3.8) is 0 Å². The Bertz CT molecular complexity index is 2870. The van der Waals surface area contributed by atoms with Crippen molar-refractivity contribution in [2.75, 3.05) is 18.4 Å². The highest BCUT2D eigenvalue weighted by Gasteiger charge is 2.48. The van der Waals surface area contributed by atoms with Gasteiger partial charge in [-0.1, -0.05) is 65.8 Å². The molecule has 1 aliphatic heterocycles. The Morgan fingerprint density at radius 2 is 1.38 bits per heavy atom. The summed E-state index contributed by atoms with van der Waals surface area (Å²) in [7, 11) is 0. The lowest BCUT2D eigenvalue weighted by Gasteiger charge is -2.36. The largest absolute Gasteiger partial charge is 0.450 e. The summed E-state index contributed by atoms with van der Waals surface area (Å²) >= 11 is 0.971. The normalized spacial score (nSPS) is 16.5. The third-order valence-corrected chi connectivity index (χ3v) is 12.2. The van der Waals surface area contributed by atoms with Crippen molar-refractivity contribution in [1.29, 1.82) is 0 Å². The zero-order valence-electron chi connectivity index (χ0n) is 47.9. The molecular weight excluding hydrogens is 1070 g/mol. The van der Waals surface area contributed by atoms with Gasteiger partial charge in [-0.3, -0.25) is 20.2 Å². The summed E-state index contributed by atoms with van der Waals surface area (Å²) in [6.45, 7) is 20.3. The zero-order valence-corrected chi connectivity index (χ0v) is 48.7. The van der Waals surface area contributed by atoms with Gasteiger partial charge >= 0.3 is 30.3 Å². The molecular formula is C55H74N12O13S. The van der Waals surface area contributed by atoms with Crippen LogP contribution in [0.3, 0.4) is 0 Å². The number of amides is 6. The third kappa shape index (κ3) is 19.6. The van der Waals surface area contributed by atoms with E-state index in [1.54, 1.807) is 83.1 Å². The summed E-state index contributed by atoms with van der Waals surface area (Å²) in [6.07, 6.45) is -0.835. The molecule has 25 nitrogen and oxygen atoms in total. The van der Waals surface area contributed by atoms with E-state index in [1.807, 2.05) is 60.7 Å². The smallest absolute Gasteiger partial charge is 0.437 e. The first-order valence-electron chi connectivity index (χ1n) is 26.5. The van der Waals surface area contributed by atoms with Crippen LogP contribution in [-0.4, -0.2) is 132 Å². The number of carbonyl (C=O) groups is 7. The van der Waals surface area contributed by atoms with Crippen molar-refractivity contribution in [1.82, 2.24) is 46.1 Å². The Labute approximate surface area is 474 Å². The van der Waals surface area contributed by atoms with Crippen LogP contribution in [0.2, 0.25) is 0 Å². The number of guanidine groups is 1. The minimum atomic E-state index is -1.61. The number of nitrogens with zero attached hydrogens (tertiary/aromatic N) is 7. The Hall–Kier alpha value is -8.16. The maximum atomic E-state index is 14.5. The van der Waals surface area contributed by atoms with E-state index in [9.17, 15) is 33.6 Å². The van der Waals surface area contributed by atoms with Gasteiger partial charge in [0.15, 0.2) is 16.9 Å². The van der Waals surface area contributed by atoms with Gasteiger partial charge in [-0.2, -0.15) is 15.0 Å². The molecule has 4 aromatic rings. The molecule has 1 saturated heterocycles. The lowest BCUT2D eigenvalue weighted by molar-refractivity contribution is -0.176.